The number of ether oxygens (including phenoxy) is 2. The van der Waals surface area contributed by atoms with Crippen LogP contribution in [0, 0.1) is 0 Å². The third kappa shape index (κ3) is 5.29. The molecule has 1 N–H and O–H groups in total. The van der Waals surface area contributed by atoms with Gasteiger partial charge >= 0.3 is 0 Å². The summed E-state index contributed by atoms with van der Waals surface area (Å²) in [5, 5.41) is 13.5. The minimum atomic E-state index is -0.748. The number of carbonyl (C=O) groups is 2. The number of aromatic nitrogens is 1. The second kappa shape index (κ2) is 11.3. The Balaban J connectivity index is 1.63. The van der Waals surface area contributed by atoms with Crippen molar-refractivity contribution in [2.45, 2.75) is 25.8 Å². The number of rotatable bonds is 9. The van der Waals surface area contributed by atoms with E-state index in [0.29, 0.717) is 49.8 Å². The minimum absolute atomic E-state index is 0.0189. The first-order valence-corrected chi connectivity index (χ1v) is 11.9. The second-order valence-electron chi connectivity index (χ2n) is 8.60. The van der Waals surface area contributed by atoms with Crippen LogP contribution in [0.1, 0.15) is 36.9 Å². The first-order valence-electron chi connectivity index (χ1n) is 11.9. The van der Waals surface area contributed by atoms with Crippen molar-refractivity contribution in [1.29, 1.82) is 0 Å². The molecule has 1 aromatic heterocycles. The summed E-state index contributed by atoms with van der Waals surface area (Å²) in [6.45, 7) is 6.84. The van der Waals surface area contributed by atoms with E-state index in [-0.39, 0.29) is 5.57 Å². The molecule has 2 aromatic rings. The molecular weight excluding hydrogens is 434 g/mol. The van der Waals surface area contributed by atoms with Gasteiger partial charge in [0.15, 0.2) is 0 Å². The zero-order valence-electron chi connectivity index (χ0n) is 19.5. The van der Waals surface area contributed by atoms with Gasteiger partial charge in [-0.3, -0.25) is 14.6 Å². The van der Waals surface area contributed by atoms with E-state index in [1.165, 1.54) is 9.80 Å². The van der Waals surface area contributed by atoms with Crippen LogP contribution in [0.25, 0.3) is 5.76 Å². The number of likely N-dealkylation sites (tertiary alicyclic amines) is 1. The van der Waals surface area contributed by atoms with E-state index in [9.17, 15) is 14.7 Å². The molecule has 180 valence electrons. The maximum Gasteiger partial charge on any atom is 0.295 e. The molecule has 2 aliphatic heterocycles. The van der Waals surface area contributed by atoms with Gasteiger partial charge in [0, 0.05) is 18.0 Å². The summed E-state index contributed by atoms with van der Waals surface area (Å²) in [5.74, 6) is -1.14. The number of quaternary nitrogens is 1. The average Bonchev–Trinajstić information content (AvgIpc) is 3.13. The largest absolute Gasteiger partial charge is 0.872 e. The predicted octanol–water partition coefficient (Wildman–Crippen LogP) is 0.400. The Morgan fingerprint density at radius 2 is 1.97 bits per heavy atom. The monoisotopic (exact) mass is 465 g/mol. The van der Waals surface area contributed by atoms with Crippen LogP contribution in [0.5, 0.6) is 5.75 Å². The Morgan fingerprint density at radius 3 is 2.65 bits per heavy atom. The molecule has 0 radical (unpaired) electrons. The number of pyridine rings is 1. The number of benzene rings is 1. The normalized spacial score (nSPS) is 20.6. The highest BCUT2D eigenvalue weighted by Crippen LogP contribution is 2.38. The van der Waals surface area contributed by atoms with Gasteiger partial charge in [0.1, 0.15) is 18.8 Å². The van der Waals surface area contributed by atoms with Crippen molar-refractivity contribution in [1.82, 2.24) is 9.88 Å². The molecular formula is C26H31N3O5. The van der Waals surface area contributed by atoms with Gasteiger partial charge in [-0.1, -0.05) is 37.3 Å². The minimum Gasteiger partial charge on any atom is -0.872 e. The summed E-state index contributed by atoms with van der Waals surface area (Å²) < 4.78 is 11.1. The standard InChI is InChI=1S/C26H31N3O5/c1-2-3-15-34-21-8-6-19(7-9-21)24(30)22-23(20-5-4-10-27-18-20)29(26(32)25(22)31)12-11-28-13-16-33-17-14-28/h4-10,18,23,30H,2-3,11-17H2,1H3/b24-22+. The van der Waals surface area contributed by atoms with Gasteiger partial charge in [-0.2, -0.15) is 0 Å². The van der Waals surface area contributed by atoms with Gasteiger partial charge < -0.3 is 24.4 Å². The van der Waals surface area contributed by atoms with Crippen LogP contribution in [0.15, 0.2) is 54.4 Å². The van der Waals surface area contributed by atoms with E-state index in [1.807, 2.05) is 0 Å². The molecule has 8 nitrogen and oxygen atoms in total. The van der Waals surface area contributed by atoms with Crippen molar-refractivity contribution in [2.75, 3.05) is 46.0 Å². The topological polar surface area (TPSA) is 96.2 Å². The number of amides is 1. The quantitative estimate of drug-likeness (QED) is 0.249. The number of unbranched alkanes of at least 4 members (excludes halogenated alkanes) is 1. The van der Waals surface area contributed by atoms with E-state index in [1.54, 1.807) is 48.8 Å². The summed E-state index contributed by atoms with van der Waals surface area (Å²) in [6.07, 6.45) is 5.22. The first kappa shape index (κ1) is 23.9. The summed E-state index contributed by atoms with van der Waals surface area (Å²) in [7, 11) is 0. The molecule has 1 atom stereocenters. The van der Waals surface area contributed by atoms with Crippen LogP contribution in [0.3, 0.4) is 0 Å². The second-order valence-corrected chi connectivity index (χ2v) is 8.60. The third-order valence-electron chi connectivity index (χ3n) is 6.32. The molecule has 0 bridgehead atoms. The fourth-order valence-electron chi connectivity index (χ4n) is 4.37. The van der Waals surface area contributed by atoms with E-state index < -0.39 is 23.5 Å². The molecule has 0 aliphatic carbocycles. The first-order chi connectivity index (χ1) is 16.6. The lowest BCUT2D eigenvalue weighted by molar-refractivity contribution is -0.907. The Labute approximate surface area is 199 Å². The van der Waals surface area contributed by atoms with Crippen LogP contribution in [0.4, 0.5) is 0 Å². The number of hydrogen-bond donors (Lipinski definition) is 1. The Kier molecular flexibility index (Phi) is 7.92. The number of nitrogens with zero attached hydrogens (tertiary/aromatic N) is 2. The van der Waals surface area contributed by atoms with Crippen molar-refractivity contribution in [3.8, 4) is 5.75 Å². The van der Waals surface area contributed by atoms with E-state index in [4.69, 9.17) is 9.47 Å². The third-order valence-corrected chi connectivity index (χ3v) is 6.32. The van der Waals surface area contributed by atoms with Crippen molar-refractivity contribution >= 4 is 17.4 Å². The lowest BCUT2D eigenvalue weighted by Crippen LogP contribution is -3.14. The maximum atomic E-state index is 13.5. The van der Waals surface area contributed by atoms with Gasteiger partial charge in [-0.25, -0.2) is 0 Å². The SMILES string of the molecule is CCCCOc1ccc(/C([O-])=C2\C(=O)C(=O)N(CC[NH+]3CCOCC3)C2c2cccnc2)cc1. The van der Waals surface area contributed by atoms with Crippen LogP contribution in [0.2, 0.25) is 0 Å². The molecule has 2 fully saturated rings. The molecule has 1 amide bonds. The summed E-state index contributed by atoms with van der Waals surface area (Å²) in [6, 6.07) is 9.55. The molecule has 2 aliphatic rings. The highest BCUT2D eigenvalue weighted by Gasteiger charge is 2.44. The number of Topliss-reactive ketones (excluding diaryl/α,β-unsaturated/α-hetero) is 1. The molecule has 2 saturated heterocycles. The van der Waals surface area contributed by atoms with Crippen LogP contribution < -0.4 is 14.7 Å². The molecule has 0 spiro atoms. The fraction of sp³-hybridized carbons (Fsp3) is 0.423. The number of ketones is 1. The fourth-order valence-corrected chi connectivity index (χ4v) is 4.37. The lowest BCUT2D eigenvalue weighted by atomic mass is 9.96. The van der Waals surface area contributed by atoms with E-state index in [2.05, 4.69) is 11.9 Å². The molecule has 34 heavy (non-hydrogen) atoms. The van der Waals surface area contributed by atoms with E-state index >= 15 is 0 Å². The number of morpholine rings is 1. The Hall–Kier alpha value is -3.23. The van der Waals surface area contributed by atoms with Gasteiger partial charge in [0.05, 0.1) is 39.0 Å². The van der Waals surface area contributed by atoms with Crippen LogP contribution >= 0.6 is 0 Å². The van der Waals surface area contributed by atoms with Gasteiger partial charge in [-0.15, -0.1) is 0 Å². The number of hydrogen-bond acceptors (Lipinski definition) is 6. The molecule has 3 heterocycles. The van der Waals surface area contributed by atoms with Crippen molar-refractivity contribution in [3.05, 3.63) is 65.5 Å². The van der Waals surface area contributed by atoms with Crippen LogP contribution in [-0.2, 0) is 14.3 Å². The average molecular weight is 466 g/mol. The predicted molar refractivity (Wildman–Crippen MR) is 124 cm³/mol. The summed E-state index contributed by atoms with van der Waals surface area (Å²) in [4.78, 5) is 33.1. The molecule has 1 aromatic carbocycles. The molecule has 8 heteroatoms. The van der Waals surface area contributed by atoms with Crippen molar-refractivity contribution in [2.24, 2.45) is 0 Å². The molecule has 0 saturated carbocycles. The maximum absolute atomic E-state index is 13.5. The highest BCUT2D eigenvalue weighted by atomic mass is 16.5. The van der Waals surface area contributed by atoms with Gasteiger partial charge in [0.2, 0.25) is 5.78 Å². The van der Waals surface area contributed by atoms with Crippen molar-refractivity contribution < 1.29 is 29.1 Å². The zero-order chi connectivity index (χ0) is 23.9. The molecule has 4 rings (SSSR count). The van der Waals surface area contributed by atoms with Crippen molar-refractivity contribution in [3.63, 3.8) is 0 Å². The van der Waals surface area contributed by atoms with E-state index in [0.717, 1.165) is 25.9 Å². The Morgan fingerprint density at radius 1 is 1.21 bits per heavy atom. The lowest BCUT2D eigenvalue weighted by Gasteiger charge is -2.30. The summed E-state index contributed by atoms with van der Waals surface area (Å²) >= 11 is 0. The molecule has 1 unspecified atom stereocenters. The summed E-state index contributed by atoms with van der Waals surface area (Å²) in [5.41, 5.74) is 0.990. The number of carbonyl (C=O) groups excluding carboxylic acids is 2. The smallest absolute Gasteiger partial charge is 0.295 e. The highest BCUT2D eigenvalue weighted by molar-refractivity contribution is 6.46. The zero-order valence-corrected chi connectivity index (χ0v) is 19.5. The van der Waals surface area contributed by atoms with Gasteiger partial charge in [-0.05, 0) is 35.7 Å². The van der Waals surface area contributed by atoms with Gasteiger partial charge in [0.25, 0.3) is 5.91 Å². The Bertz CT molecular complexity index is 1020. The van der Waals surface area contributed by atoms with Crippen LogP contribution in [-0.4, -0.2) is 67.6 Å². The number of nitrogens with one attached hydrogen (secondary N) is 1.